The molecule has 0 saturated heterocycles. The first-order valence-electron chi connectivity index (χ1n) is 9.01. The molecule has 28 heavy (non-hydrogen) atoms. The third kappa shape index (κ3) is 5.37. The Bertz CT molecular complexity index is 852. The summed E-state index contributed by atoms with van der Waals surface area (Å²) in [4.78, 5) is 28.7. The number of carbonyl (C=O) groups is 1. The monoisotopic (exact) mass is 384 g/mol. The molecule has 0 aliphatic carbocycles. The second-order valence-corrected chi connectivity index (χ2v) is 5.90. The van der Waals surface area contributed by atoms with E-state index in [1.807, 2.05) is 0 Å². The van der Waals surface area contributed by atoms with E-state index in [0.29, 0.717) is 24.5 Å². The van der Waals surface area contributed by atoms with Gasteiger partial charge in [0, 0.05) is 12.6 Å². The first kappa shape index (κ1) is 21.0. The van der Waals surface area contributed by atoms with Crippen molar-refractivity contribution >= 4 is 30.1 Å². The molecular weight excluding hydrogens is 360 g/mol. The zero-order valence-electron chi connectivity index (χ0n) is 16.1. The van der Waals surface area contributed by atoms with E-state index in [9.17, 15) is 14.9 Å². The van der Waals surface area contributed by atoms with E-state index >= 15 is 0 Å². The Labute approximate surface area is 163 Å². The van der Waals surface area contributed by atoms with Gasteiger partial charge < -0.3 is 19.8 Å². The van der Waals surface area contributed by atoms with E-state index in [1.54, 1.807) is 36.4 Å². The topological polar surface area (TPSA) is 90.5 Å². The maximum atomic E-state index is 12.1. The molecule has 0 atom stereocenters. The number of imidazole rings is 1. The van der Waals surface area contributed by atoms with Gasteiger partial charge in [0.25, 0.3) is 0 Å². The molecule has 1 heterocycles. The van der Waals surface area contributed by atoms with Crippen LogP contribution in [0.3, 0.4) is 0 Å². The molecule has 8 heteroatoms. The van der Waals surface area contributed by atoms with Crippen LogP contribution in [0.1, 0.15) is 35.6 Å². The van der Waals surface area contributed by atoms with Crippen molar-refractivity contribution in [3.63, 3.8) is 0 Å². The van der Waals surface area contributed by atoms with E-state index in [2.05, 4.69) is 30.3 Å². The summed E-state index contributed by atoms with van der Waals surface area (Å²) in [5.74, 6) is -0.125. The van der Waals surface area contributed by atoms with Crippen LogP contribution < -0.4 is 0 Å². The Morgan fingerprint density at radius 2 is 1.96 bits per heavy atom. The second-order valence-electron chi connectivity index (χ2n) is 5.90. The Kier molecular flexibility index (Phi) is 7.65. The van der Waals surface area contributed by atoms with Gasteiger partial charge in [0.15, 0.2) is 0 Å². The maximum absolute atomic E-state index is 12.1. The number of likely N-dealkylation sites (N-methyl/N-ethyl adjacent to an activating group) is 1. The summed E-state index contributed by atoms with van der Waals surface area (Å²) in [5.41, 5.74) is 1.29. The Hall–Kier alpha value is -3.26. The van der Waals surface area contributed by atoms with Crippen LogP contribution in [0.15, 0.2) is 37.0 Å². The number of rotatable bonds is 10. The van der Waals surface area contributed by atoms with Gasteiger partial charge in [-0.2, -0.15) is 4.57 Å². The number of carbonyl (C=O) groups excluding carboxylic acids is 1. The summed E-state index contributed by atoms with van der Waals surface area (Å²) in [6.07, 6.45) is 5.91. The highest BCUT2D eigenvalue weighted by molar-refractivity contribution is 5.89. The number of hydrogen-bond donors (Lipinski definition) is 0. The Morgan fingerprint density at radius 1 is 1.29 bits per heavy atom. The summed E-state index contributed by atoms with van der Waals surface area (Å²) in [5, 5.41) is 10.9. The molecule has 0 amide bonds. The number of aromatic nitrogens is 2. The summed E-state index contributed by atoms with van der Waals surface area (Å²) < 4.78 is 6.59. The molecule has 0 N–H and O–H groups in total. The van der Waals surface area contributed by atoms with Gasteiger partial charge in [-0.15, -0.1) is 0 Å². The number of benzene rings is 1. The number of nitrogens with zero attached hydrogens (tertiary/aromatic N) is 4. The van der Waals surface area contributed by atoms with Crippen molar-refractivity contribution in [3.8, 4) is 0 Å². The minimum Gasteiger partial charge on any atom is -0.461 e. The van der Waals surface area contributed by atoms with Crippen molar-refractivity contribution in [3.05, 3.63) is 64.1 Å². The standard InChI is InChI=1S/C20H24N4O4/c1-4-22(5-2)13-14-28-20(25)17-10-7-16(8-11-17)9-12-18-21-15-19(24(26)27)23(18)6-3/h6-12,15H,3-5,13-14H2,1-2H3. The van der Waals surface area contributed by atoms with Gasteiger partial charge in [0.1, 0.15) is 12.8 Å². The summed E-state index contributed by atoms with van der Waals surface area (Å²) >= 11 is 0. The fourth-order valence-electron chi connectivity index (χ4n) is 2.60. The van der Waals surface area contributed by atoms with E-state index in [-0.39, 0.29) is 11.8 Å². The first-order chi connectivity index (χ1) is 13.5. The smallest absolute Gasteiger partial charge is 0.347 e. The number of hydrogen-bond acceptors (Lipinski definition) is 6. The SMILES string of the molecule is C=Cn1c([N+](=O)[O-])cnc1C=Cc1ccc(C(=O)OCCN(CC)CC)cc1. The Balaban J connectivity index is 1.99. The molecule has 8 nitrogen and oxygen atoms in total. The maximum Gasteiger partial charge on any atom is 0.347 e. The fraction of sp³-hybridized carbons (Fsp3) is 0.300. The van der Waals surface area contributed by atoms with Gasteiger partial charge in [-0.05, 0) is 41.8 Å². The molecule has 0 fully saturated rings. The fourth-order valence-corrected chi connectivity index (χ4v) is 2.60. The second kappa shape index (κ2) is 10.2. The molecule has 0 unspecified atom stereocenters. The number of esters is 1. The van der Waals surface area contributed by atoms with Gasteiger partial charge in [-0.25, -0.2) is 9.78 Å². The molecule has 0 saturated carbocycles. The van der Waals surface area contributed by atoms with Gasteiger partial charge in [0.2, 0.25) is 5.82 Å². The molecule has 0 spiro atoms. The van der Waals surface area contributed by atoms with E-state index in [1.165, 1.54) is 17.0 Å². The lowest BCUT2D eigenvalue weighted by molar-refractivity contribution is -0.390. The normalized spacial score (nSPS) is 11.1. The van der Waals surface area contributed by atoms with Crippen LogP contribution in [0.4, 0.5) is 5.82 Å². The molecule has 0 bridgehead atoms. The lowest BCUT2D eigenvalue weighted by Crippen LogP contribution is -2.27. The predicted molar refractivity (Wildman–Crippen MR) is 109 cm³/mol. The van der Waals surface area contributed by atoms with E-state index in [0.717, 1.165) is 18.7 Å². The number of nitro groups is 1. The predicted octanol–water partition coefficient (Wildman–Crippen LogP) is 3.56. The molecule has 2 rings (SSSR count). The van der Waals surface area contributed by atoms with Crippen LogP contribution in [0.5, 0.6) is 0 Å². The average Bonchev–Trinajstić information content (AvgIpc) is 3.13. The minimum absolute atomic E-state index is 0.155. The third-order valence-corrected chi connectivity index (χ3v) is 4.28. The van der Waals surface area contributed by atoms with Crippen LogP contribution >= 0.6 is 0 Å². The molecule has 148 valence electrons. The van der Waals surface area contributed by atoms with Crippen LogP contribution in [0.2, 0.25) is 0 Å². The third-order valence-electron chi connectivity index (χ3n) is 4.28. The summed E-state index contributed by atoms with van der Waals surface area (Å²) in [7, 11) is 0. The van der Waals surface area contributed by atoms with Gasteiger partial charge in [-0.3, -0.25) is 0 Å². The van der Waals surface area contributed by atoms with Crippen molar-refractivity contribution in [1.82, 2.24) is 14.5 Å². The molecule has 2 aromatic rings. The highest BCUT2D eigenvalue weighted by Crippen LogP contribution is 2.17. The quantitative estimate of drug-likeness (QED) is 0.353. The lowest BCUT2D eigenvalue weighted by atomic mass is 10.1. The van der Waals surface area contributed by atoms with Crippen LogP contribution in [-0.2, 0) is 4.74 Å². The minimum atomic E-state index is -0.521. The molecule has 0 aliphatic rings. The largest absolute Gasteiger partial charge is 0.461 e. The van der Waals surface area contributed by atoms with E-state index < -0.39 is 4.92 Å². The average molecular weight is 384 g/mol. The van der Waals surface area contributed by atoms with Gasteiger partial charge in [0.05, 0.1) is 11.8 Å². The molecule has 0 radical (unpaired) electrons. The van der Waals surface area contributed by atoms with Crippen LogP contribution in [0.25, 0.3) is 18.4 Å². The highest BCUT2D eigenvalue weighted by Gasteiger charge is 2.15. The van der Waals surface area contributed by atoms with Gasteiger partial charge >= 0.3 is 11.8 Å². The molecule has 0 aliphatic heterocycles. The lowest BCUT2D eigenvalue weighted by Gasteiger charge is -2.17. The van der Waals surface area contributed by atoms with Crippen molar-refractivity contribution in [2.24, 2.45) is 0 Å². The zero-order valence-corrected chi connectivity index (χ0v) is 16.1. The van der Waals surface area contributed by atoms with Crippen molar-refractivity contribution in [2.45, 2.75) is 13.8 Å². The molecule has 1 aromatic carbocycles. The Morgan fingerprint density at radius 3 is 2.54 bits per heavy atom. The van der Waals surface area contributed by atoms with Crippen molar-refractivity contribution in [2.75, 3.05) is 26.2 Å². The summed E-state index contributed by atoms with van der Waals surface area (Å²) in [6.45, 7) is 10.6. The molecular formula is C20H24N4O4. The van der Waals surface area contributed by atoms with Crippen LogP contribution in [0, 0.1) is 10.1 Å². The number of ether oxygens (including phenoxy) is 1. The molecule has 1 aromatic heterocycles. The van der Waals surface area contributed by atoms with E-state index in [4.69, 9.17) is 4.74 Å². The van der Waals surface area contributed by atoms with Crippen molar-refractivity contribution < 1.29 is 14.5 Å². The first-order valence-corrected chi connectivity index (χ1v) is 9.01. The van der Waals surface area contributed by atoms with Gasteiger partial charge in [-0.1, -0.05) is 32.6 Å². The van der Waals surface area contributed by atoms with Crippen LogP contribution in [-0.4, -0.2) is 51.6 Å². The summed E-state index contributed by atoms with van der Waals surface area (Å²) in [6, 6.07) is 6.91. The highest BCUT2D eigenvalue weighted by atomic mass is 16.6. The zero-order chi connectivity index (χ0) is 20.5. The van der Waals surface area contributed by atoms with Crippen molar-refractivity contribution in [1.29, 1.82) is 0 Å².